The molecule has 0 aliphatic heterocycles. The second-order valence-electron chi connectivity index (χ2n) is 4.70. The standard InChI is InChI=1S/C13H14ClN3O/c1-3-10-15-7(2)11-9(6-18)12(14)17(8-4-5-8)13(11)16-10/h6,8H,3-5H2,1-2H3. The summed E-state index contributed by atoms with van der Waals surface area (Å²) in [6.07, 6.45) is 3.80. The lowest BCUT2D eigenvalue weighted by atomic mass is 10.2. The van der Waals surface area contributed by atoms with Gasteiger partial charge in [0.25, 0.3) is 0 Å². The van der Waals surface area contributed by atoms with Gasteiger partial charge in [-0.3, -0.25) is 4.79 Å². The van der Waals surface area contributed by atoms with Gasteiger partial charge in [0, 0.05) is 12.5 Å². The van der Waals surface area contributed by atoms with Crippen molar-refractivity contribution >= 4 is 28.9 Å². The SMILES string of the molecule is CCc1nc(C)c2c(C=O)c(Cl)n(C3CC3)c2n1. The monoisotopic (exact) mass is 263 g/mol. The summed E-state index contributed by atoms with van der Waals surface area (Å²) in [6.45, 7) is 3.93. The van der Waals surface area contributed by atoms with Crippen LogP contribution in [-0.4, -0.2) is 20.8 Å². The lowest BCUT2D eigenvalue weighted by molar-refractivity contribution is 0.112. The molecule has 0 N–H and O–H groups in total. The van der Waals surface area contributed by atoms with Crippen LogP contribution >= 0.6 is 11.6 Å². The van der Waals surface area contributed by atoms with Crippen molar-refractivity contribution < 1.29 is 4.79 Å². The molecule has 5 heteroatoms. The van der Waals surface area contributed by atoms with Gasteiger partial charge in [-0.2, -0.15) is 0 Å². The lowest BCUT2D eigenvalue weighted by Crippen LogP contribution is -2.00. The maximum Gasteiger partial charge on any atom is 0.153 e. The van der Waals surface area contributed by atoms with Gasteiger partial charge in [-0.25, -0.2) is 9.97 Å². The molecular weight excluding hydrogens is 250 g/mol. The molecular formula is C13H14ClN3O. The van der Waals surface area contributed by atoms with E-state index in [1.54, 1.807) is 0 Å². The van der Waals surface area contributed by atoms with Gasteiger partial charge in [-0.15, -0.1) is 0 Å². The van der Waals surface area contributed by atoms with Crippen LogP contribution in [0, 0.1) is 6.92 Å². The van der Waals surface area contributed by atoms with E-state index in [1.807, 2.05) is 18.4 Å². The molecule has 1 aliphatic rings. The van der Waals surface area contributed by atoms with Gasteiger partial charge in [-0.1, -0.05) is 18.5 Å². The van der Waals surface area contributed by atoms with Gasteiger partial charge < -0.3 is 4.57 Å². The Morgan fingerprint density at radius 1 is 1.44 bits per heavy atom. The molecule has 0 saturated heterocycles. The Morgan fingerprint density at radius 2 is 2.17 bits per heavy atom. The highest BCUT2D eigenvalue weighted by Gasteiger charge is 2.30. The van der Waals surface area contributed by atoms with E-state index in [9.17, 15) is 4.79 Å². The van der Waals surface area contributed by atoms with Gasteiger partial charge in [0.15, 0.2) is 6.29 Å². The predicted molar refractivity (Wildman–Crippen MR) is 70.3 cm³/mol. The molecule has 2 aromatic rings. The first-order chi connectivity index (χ1) is 8.67. The molecule has 2 aromatic heterocycles. The Hall–Kier alpha value is -1.42. The summed E-state index contributed by atoms with van der Waals surface area (Å²) in [7, 11) is 0. The first-order valence-corrected chi connectivity index (χ1v) is 6.57. The first kappa shape index (κ1) is 11.7. The van der Waals surface area contributed by atoms with Crippen molar-refractivity contribution in [3.63, 3.8) is 0 Å². The highest BCUT2D eigenvalue weighted by atomic mass is 35.5. The van der Waals surface area contributed by atoms with Crippen LogP contribution in [0.3, 0.4) is 0 Å². The summed E-state index contributed by atoms with van der Waals surface area (Å²) in [5.74, 6) is 0.800. The predicted octanol–water partition coefficient (Wildman–Crippen LogP) is 3.10. The summed E-state index contributed by atoms with van der Waals surface area (Å²) in [5.41, 5.74) is 2.17. The molecule has 1 saturated carbocycles. The molecule has 0 aromatic carbocycles. The van der Waals surface area contributed by atoms with Gasteiger partial charge in [-0.05, 0) is 19.8 Å². The fourth-order valence-corrected chi connectivity index (χ4v) is 2.72. The summed E-state index contributed by atoms with van der Waals surface area (Å²) in [5, 5.41) is 1.31. The van der Waals surface area contributed by atoms with Crippen LogP contribution in [0.4, 0.5) is 0 Å². The number of aldehydes is 1. The van der Waals surface area contributed by atoms with Crippen LogP contribution in [0.2, 0.25) is 5.15 Å². The Kier molecular flexibility index (Phi) is 2.63. The largest absolute Gasteiger partial charge is 0.313 e. The number of nitrogens with zero attached hydrogens (tertiary/aromatic N) is 3. The topological polar surface area (TPSA) is 47.8 Å². The minimum Gasteiger partial charge on any atom is -0.313 e. The molecule has 0 bridgehead atoms. The van der Waals surface area contributed by atoms with E-state index in [0.29, 0.717) is 16.8 Å². The van der Waals surface area contributed by atoms with Crippen LogP contribution in [0.1, 0.15) is 47.7 Å². The Bertz CT molecular complexity index is 643. The maximum absolute atomic E-state index is 11.3. The number of halogens is 1. The number of hydrogen-bond acceptors (Lipinski definition) is 3. The van der Waals surface area contributed by atoms with Crippen molar-refractivity contribution in [2.45, 2.75) is 39.2 Å². The third kappa shape index (κ3) is 1.56. The Morgan fingerprint density at radius 3 is 2.72 bits per heavy atom. The molecule has 3 rings (SSSR count). The highest BCUT2D eigenvalue weighted by molar-refractivity contribution is 6.34. The van der Waals surface area contributed by atoms with Crippen molar-refractivity contribution in [3.8, 4) is 0 Å². The molecule has 2 heterocycles. The number of carbonyl (C=O) groups is 1. The maximum atomic E-state index is 11.3. The number of carbonyl (C=O) groups excluding carboxylic acids is 1. The number of fused-ring (bicyclic) bond motifs is 1. The van der Waals surface area contributed by atoms with E-state index < -0.39 is 0 Å². The Balaban J connectivity index is 2.41. The molecule has 0 amide bonds. The summed E-state index contributed by atoms with van der Waals surface area (Å²) in [6, 6.07) is 0.396. The summed E-state index contributed by atoms with van der Waals surface area (Å²) < 4.78 is 1.99. The van der Waals surface area contributed by atoms with Crippen molar-refractivity contribution in [1.82, 2.24) is 14.5 Å². The molecule has 18 heavy (non-hydrogen) atoms. The zero-order chi connectivity index (χ0) is 12.9. The molecule has 0 atom stereocenters. The van der Waals surface area contributed by atoms with Crippen LogP contribution < -0.4 is 0 Å². The normalized spacial score (nSPS) is 15.3. The van der Waals surface area contributed by atoms with Gasteiger partial charge in [0.2, 0.25) is 0 Å². The molecule has 0 spiro atoms. The second kappa shape index (κ2) is 4.05. The number of hydrogen-bond donors (Lipinski definition) is 0. The van der Waals surface area contributed by atoms with Crippen LogP contribution in [0.15, 0.2) is 0 Å². The van der Waals surface area contributed by atoms with E-state index in [-0.39, 0.29) is 0 Å². The average Bonchev–Trinajstić information content (AvgIpc) is 3.13. The molecule has 0 radical (unpaired) electrons. The molecule has 0 unspecified atom stereocenters. The zero-order valence-corrected chi connectivity index (χ0v) is 11.2. The average molecular weight is 264 g/mol. The molecule has 1 aliphatic carbocycles. The van der Waals surface area contributed by atoms with Crippen molar-refractivity contribution in [2.24, 2.45) is 0 Å². The molecule has 94 valence electrons. The van der Waals surface area contributed by atoms with Crippen LogP contribution in [0.25, 0.3) is 11.0 Å². The summed E-state index contributed by atoms with van der Waals surface area (Å²) in [4.78, 5) is 20.2. The fourth-order valence-electron chi connectivity index (χ4n) is 2.36. The smallest absolute Gasteiger partial charge is 0.153 e. The number of rotatable bonds is 3. The van der Waals surface area contributed by atoms with Crippen molar-refractivity contribution in [1.29, 1.82) is 0 Å². The van der Waals surface area contributed by atoms with Gasteiger partial charge in [0.05, 0.1) is 16.6 Å². The number of aryl methyl sites for hydroxylation is 2. The van der Waals surface area contributed by atoms with Crippen LogP contribution in [0.5, 0.6) is 0 Å². The molecule has 1 fully saturated rings. The van der Waals surface area contributed by atoms with Gasteiger partial charge in [0.1, 0.15) is 16.6 Å². The van der Waals surface area contributed by atoms with Crippen LogP contribution in [-0.2, 0) is 6.42 Å². The highest BCUT2D eigenvalue weighted by Crippen LogP contribution is 2.42. The minimum absolute atomic E-state index is 0.396. The van der Waals surface area contributed by atoms with E-state index >= 15 is 0 Å². The first-order valence-electron chi connectivity index (χ1n) is 6.19. The van der Waals surface area contributed by atoms with Crippen molar-refractivity contribution in [3.05, 3.63) is 22.2 Å². The lowest BCUT2D eigenvalue weighted by Gasteiger charge is -2.05. The second-order valence-corrected chi connectivity index (χ2v) is 5.06. The fraction of sp³-hybridized carbons (Fsp3) is 0.462. The van der Waals surface area contributed by atoms with E-state index in [2.05, 4.69) is 9.97 Å². The molecule has 4 nitrogen and oxygen atoms in total. The third-order valence-electron chi connectivity index (χ3n) is 3.39. The minimum atomic E-state index is 0.396. The quantitative estimate of drug-likeness (QED) is 0.800. The summed E-state index contributed by atoms with van der Waals surface area (Å²) >= 11 is 6.32. The van der Waals surface area contributed by atoms with E-state index in [1.165, 1.54) is 0 Å². The zero-order valence-electron chi connectivity index (χ0n) is 10.4. The third-order valence-corrected chi connectivity index (χ3v) is 3.78. The van der Waals surface area contributed by atoms with Crippen molar-refractivity contribution in [2.75, 3.05) is 0 Å². The Labute approximate surface area is 110 Å². The van der Waals surface area contributed by atoms with E-state index in [4.69, 9.17) is 11.6 Å². The number of aromatic nitrogens is 3. The van der Waals surface area contributed by atoms with E-state index in [0.717, 1.165) is 48.1 Å². The van der Waals surface area contributed by atoms with Gasteiger partial charge >= 0.3 is 0 Å².